The van der Waals surface area contributed by atoms with Gasteiger partial charge in [-0.3, -0.25) is 9.69 Å². The van der Waals surface area contributed by atoms with Crippen molar-refractivity contribution in [3.8, 4) is 0 Å². The number of nitrogens with zero attached hydrogens (tertiary/aromatic N) is 1. The topological polar surface area (TPSA) is 66.5 Å². The molecule has 0 fully saturated rings. The monoisotopic (exact) mass is 344 g/mol. The van der Waals surface area contributed by atoms with Crippen molar-refractivity contribution in [3.63, 3.8) is 0 Å². The molecule has 22 heavy (non-hydrogen) atoms. The van der Waals surface area contributed by atoms with E-state index >= 15 is 0 Å². The van der Waals surface area contributed by atoms with Crippen LogP contribution in [0.1, 0.15) is 31.2 Å². The first-order valence-corrected chi connectivity index (χ1v) is 10.1. The standard InChI is InChI=1S/C15H24N2O3S2/c1-11(2)22(19,20)12(3)15(18)16-6-8-17-7-4-14-13(10-17)5-9-21-14/h5,9,11-12H,4,6-8,10H2,1-3H3,(H,16,18). The summed E-state index contributed by atoms with van der Waals surface area (Å²) in [5.74, 6) is -0.401. The molecule has 5 nitrogen and oxygen atoms in total. The molecule has 1 N–H and O–H groups in total. The van der Waals surface area contributed by atoms with Crippen molar-refractivity contribution in [1.82, 2.24) is 10.2 Å². The molecule has 0 aliphatic carbocycles. The summed E-state index contributed by atoms with van der Waals surface area (Å²) in [6, 6.07) is 2.15. The smallest absolute Gasteiger partial charge is 0.238 e. The van der Waals surface area contributed by atoms with Gasteiger partial charge in [-0.05, 0) is 44.2 Å². The van der Waals surface area contributed by atoms with E-state index in [4.69, 9.17) is 0 Å². The zero-order valence-electron chi connectivity index (χ0n) is 13.3. The van der Waals surface area contributed by atoms with E-state index in [0.29, 0.717) is 6.54 Å². The highest BCUT2D eigenvalue weighted by Crippen LogP contribution is 2.23. The SMILES string of the molecule is CC(C)S(=O)(=O)C(C)C(=O)NCCN1CCc2sccc2C1. The Kier molecular flexibility index (Phi) is 5.63. The predicted molar refractivity (Wildman–Crippen MR) is 89.8 cm³/mol. The minimum absolute atomic E-state index is 0.401. The van der Waals surface area contributed by atoms with Crippen molar-refractivity contribution in [3.05, 3.63) is 21.9 Å². The van der Waals surface area contributed by atoms with Gasteiger partial charge in [0.1, 0.15) is 5.25 Å². The van der Waals surface area contributed by atoms with Crippen LogP contribution >= 0.6 is 11.3 Å². The second-order valence-corrected chi connectivity index (χ2v) is 9.79. The Balaban J connectivity index is 1.78. The molecule has 1 unspecified atom stereocenters. The number of hydrogen-bond acceptors (Lipinski definition) is 5. The quantitative estimate of drug-likeness (QED) is 0.848. The molecule has 0 radical (unpaired) electrons. The number of carbonyl (C=O) groups is 1. The first kappa shape index (κ1) is 17.4. The number of rotatable bonds is 6. The zero-order valence-corrected chi connectivity index (χ0v) is 15.0. The largest absolute Gasteiger partial charge is 0.354 e. The van der Waals surface area contributed by atoms with Crippen molar-refractivity contribution < 1.29 is 13.2 Å². The van der Waals surface area contributed by atoms with E-state index in [0.717, 1.165) is 26.1 Å². The Morgan fingerprint density at radius 3 is 2.82 bits per heavy atom. The van der Waals surface area contributed by atoms with E-state index in [1.54, 1.807) is 25.2 Å². The Morgan fingerprint density at radius 1 is 1.41 bits per heavy atom. The molecule has 1 aliphatic heterocycles. The van der Waals surface area contributed by atoms with E-state index in [9.17, 15) is 13.2 Å². The van der Waals surface area contributed by atoms with Gasteiger partial charge in [0.05, 0.1) is 5.25 Å². The second-order valence-electron chi connectivity index (χ2n) is 5.97. The van der Waals surface area contributed by atoms with Gasteiger partial charge < -0.3 is 5.32 Å². The van der Waals surface area contributed by atoms with E-state index in [1.807, 2.05) is 0 Å². The van der Waals surface area contributed by atoms with Crippen molar-refractivity contribution in [2.75, 3.05) is 19.6 Å². The molecule has 0 spiro atoms. The molecule has 1 aliphatic rings. The van der Waals surface area contributed by atoms with E-state index in [2.05, 4.69) is 21.7 Å². The van der Waals surface area contributed by atoms with Crippen LogP contribution in [0.15, 0.2) is 11.4 Å². The van der Waals surface area contributed by atoms with Gasteiger partial charge in [-0.2, -0.15) is 0 Å². The van der Waals surface area contributed by atoms with Gasteiger partial charge in [-0.1, -0.05) is 0 Å². The first-order chi connectivity index (χ1) is 10.3. The summed E-state index contributed by atoms with van der Waals surface area (Å²) in [5, 5.41) is 3.35. The van der Waals surface area contributed by atoms with Crippen LogP contribution < -0.4 is 5.32 Å². The lowest BCUT2D eigenvalue weighted by Crippen LogP contribution is -2.44. The van der Waals surface area contributed by atoms with Crippen LogP contribution in [0.4, 0.5) is 0 Å². The Bertz CT molecular complexity index is 622. The van der Waals surface area contributed by atoms with E-state index in [1.165, 1.54) is 17.4 Å². The van der Waals surface area contributed by atoms with Crippen LogP contribution in [0.2, 0.25) is 0 Å². The second kappa shape index (κ2) is 7.10. The maximum atomic E-state index is 12.0. The molecule has 1 aromatic rings. The van der Waals surface area contributed by atoms with Crippen LogP contribution in [0.5, 0.6) is 0 Å². The minimum atomic E-state index is -3.39. The van der Waals surface area contributed by atoms with Crippen LogP contribution in [-0.2, 0) is 27.6 Å². The molecule has 0 bridgehead atoms. The lowest BCUT2D eigenvalue weighted by atomic mass is 10.1. The third kappa shape index (κ3) is 3.88. The Morgan fingerprint density at radius 2 is 2.14 bits per heavy atom. The molecule has 0 saturated carbocycles. The van der Waals surface area contributed by atoms with Crippen molar-refractivity contribution >= 4 is 27.1 Å². The maximum Gasteiger partial charge on any atom is 0.238 e. The Labute approximate surface area is 136 Å². The van der Waals surface area contributed by atoms with E-state index < -0.39 is 26.2 Å². The number of hydrogen-bond donors (Lipinski definition) is 1. The molecule has 2 heterocycles. The Hall–Kier alpha value is -0.920. The third-order valence-corrected chi connectivity index (χ3v) is 7.67. The van der Waals surface area contributed by atoms with Gasteiger partial charge in [0.25, 0.3) is 0 Å². The molecule has 124 valence electrons. The van der Waals surface area contributed by atoms with Crippen LogP contribution in [0.3, 0.4) is 0 Å². The third-order valence-electron chi connectivity index (χ3n) is 4.13. The highest BCUT2D eigenvalue weighted by atomic mass is 32.2. The van der Waals surface area contributed by atoms with Crippen LogP contribution in [0.25, 0.3) is 0 Å². The van der Waals surface area contributed by atoms with Crippen LogP contribution in [0, 0.1) is 0 Å². The highest BCUT2D eigenvalue weighted by Gasteiger charge is 2.30. The summed E-state index contributed by atoms with van der Waals surface area (Å²) in [6.07, 6.45) is 1.05. The van der Waals surface area contributed by atoms with Crippen molar-refractivity contribution in [2.45, 2.75) is 44.2 Å². The summed E-state index contributed by atoms with van der Waals surface area (Å²) < 4.78 is 23.9. The molecule has 7 heteroatoms. The summed E-state index contributed by atoms with van der Waals surface area (Å²) >= 11 is 1.80. The van der Waals surface area contributed by atoms with Gasteiger partial charge in [0.15, 0.2) is 9.84 Å². The molecule has 1 amide bonds. The summed E-state index contributed by atoms with van der Waals surface area (Å²) in [5.41, 5.74) is 1.37. The fraction of sp³-hybridized carbons (Fsp3) is 0.667. The van der Waals surface area contributed by atoms with Gasteiger partial charge in [-0.25, -0.2) is 8.42 Å². The zero-order chi connectivity index (χ0) is 16.3. The number of carbonyl (C=O) groups excluding carboxylic acids is 1. The van der Waals surface area contributed by atoms with Gasteiger partial charge in [0.2, 0.25) is 5.91 Å². The van der Waals surface area contributed by atoms with Gasteiger partial charge in [-0.15, -0.1) is 11.3 Å². The number of fused-ring (bicyclic) bond motifs is 1. The average Bonchev–Trinajstić information content (AvgIpc) is 2.93. The molecule has 0 saturated heterocycles. The summed E-state index contributed by atoms with van der Waals surface area (Å²) in [6.45, 7) is 7.79. The lowest BCUT2D eigenvalue weighted by molar-refractivity contribution is -0.120. The van der Waals surface area contributed by atoms with Crippen molar-refractivity contribution in [1.29, 1.82) is 0 Å². The van der Waals surface area contributed by atoms with Gasteiger partial charge in [0, 0.05) is 31.1 Å². The molecule has 2 rings (SSSR count). The maximum absolute atomic E-state index is 12.0. The molecule has 1 atom stereocenters. The van der Waals surface area contributed by atoms with Gasteiger partial charge >= 0.3 is 0 Å². The summed E-state index contributed by atoms with van der Waals surface area (Å²) in [4.78, 5) is 15.7. The van der Waals surface area contributed by atoms with E-state index in [-0.39, 0.29) is 0 Å². The number of nitrogens with one attached hydrogen (secondary N) is 1. The summed E-state index contributed by atoms with van der Waals surface area (Å²) in [7, 11) is -3.39. The van der Waals surface area contributed by atoms with Crippen LogP contribution in [-0.4, -0.2) is 49.4 Å². The highest BCUT2D eigenvalue weighted by molar-refractivity contribution is 7.93. The average molecular weight is 345 g/mol. The molecular formula is C15H24N2O3S2. The number of thiophene rings is 1. The molecule has 1 aromatic heterocycles. The normalized spacial score (nSPS) is 17.3. The number of amides is 1. The fourth-order valence-electron chi connectivity index (χ4n) is 2.54. The lowest BCUT2D eigenvalue weighted by Gasteiger charge is -2.27. The molecule has 0 aromatic carbocycles. The predicted octanol–water partition coefficient (Wildman–Crippen LogP) is 1.43. The number of sulfone groups is 1. The first-order valence-electron chi connectivity index (χ1n) is 7.60. The van der Waals surface area contributed by atoms with Crippen molar-refractivity contribution in [2.24, 2.45) is 0 Å². The fourth-order valence-corrected chi connectivity index (χ4v) is 4.62. The minimum Gasteiger partial charge on any atom is -0.354 e. The molecular weight excluding hydrogens is 320 g/mol.